The van der Waals surface area contributed by atoms with Crippen LogP contribution in [0.3, 0.4) is 0 Å². The SMILES string of the molecule is COc1cccc(-c2cc(C(=O)Nc3cc4ccc(OC5CCC(NC(=O)c6ccccc6)CC5)c(C)c4oc3=O)ccc2OC)c1. The molecule has 0 spiro atoms. The van der Waals surface area contributed by atoms with E-state index in [9.17, 15) is 14.4 Å². The van der Waals surface area contributed by atoms with Crippen molar-refractivity contribution in [2.24, 2.45) is 0 Å². The smallest absolute Gasteiger partial charge is 0.360 e. The summed E-state index contributed by atoms with van der Waals surface area (Å²) >= 11 is 0. The van der Waals surface area contributed by atoms with Gasteiger partial charge in [-0.3, -0.25) is 9.59 Å². The van der Waals surface area contributed by atoms with Crippen molar-refractivity contribution in [2.45, 2.75) is 44.8 Å². The molecule has 1 aliphatic carbocycles. The van der Waals surface area contributed by atoms with Gasteiger partial charge >= 0.3 is 5.63 Å². The number of fused-ring (bicyclic) bond motifs is 1. The molecular formula is C38H36N2O7. The van der Waals surface area contributed by atoms with Gasteiger partial charge in [0.2, 0.25) is 0 Å². The summed E-state index contributed by atoms with van der Waals surface area (Å²) in [6.45, 7) is 1.85. The van der Waals surface area contributed by atoms with Crippen LogP contribution in [0.4, 0.5) is 5.69 Å². The van der Waals surface area contributed by atoms with Crippen LogP contribution < -0.4 is 30.5 Å². The highest BCUT2D eigenvalue weighted by Gasteiger charge is 2.25. The number of rotatable bonds is 9. The maximum absolute atomic E-state index is 13.3. The van der Waals surface area contributed by atoms with E-state index in [0.717, 1.165) is 31.2 Å². The average molecular weight is 633 g/mol. The number of nitrogens with one attached hydrogen (secondary N) is 2. The summed E-state index contributed by atoms with van der Waals surface area (Å²) in [6.07, 6.45) is 3.17. The molecule has 0 saturated heterocycles. The minimum absolute atomic E-state index is 0.0207. The van der Waals surface area contributed by atoms with Crippen LogP contribution in [0.2, 0.25) is 0 Å². The van der Waals surface area contributed by atoms with Crippen molar-refractivity contribution < 1.29 is 28.2 Å². The summed E-state index contributed by atoms with van der Waals surface area (Å²) in [5, 5.41) is 6.50. The van der Waals surface area contributed by atoms with Gasteiger partial charge in [-0.1, -0.05) is 30.3 Å². The first-order valence-electron chi connectivity index (χ1n) is 15.6. The van der Waals surface area contributed by atoms with Gasteiger partial charge in [-0.05, 0) is 98.8 Å². The molecule has 2 N–H and O–H groups in total. The molecule has 0 bridgehead atoms. The van der Waals surface area contributed by atoms with Crippen LogP contribution in [0.5, 0.6) is 17.2 Å². The van der Waals surface area contributed by atoms with Gasteiger partial charge in [0.1, 0.15) is 28.5 Å². The number of benzene rings is 4. The van der Waals surface area contributed by atoms with E-state index in [1.807, 2.05) is 73.7 Å². The van der Waals surface area contributed by atoms with Gasteiger partial charge in [0.25, 0.3) is 11.8 Å². The van der Waals surface area contributed by atoms with E-state index in [4.69, 9.17) is 18.6 Å². The first-order valence-corrected chi connectivity index (χ1v) is 15.6. The average Bonchev–Trinajstić information content (AvgIpc) is 3.11. The number of ether oxygens (including phenoxy) is 3. The third-order valence-corrected chi connectivity index (χ3v) is 8.53. The molecule has 1 saturated carbocycles. The summed E-state index contributed by atoms with van der Waals surface area (Å²) in [6, 6.07) is 27.1. The molecule has 0 atom stereocenters. The molecule has 9 nitrogen and oxygen atoms in total. The van der Waals surface area contributed by atoms with E-state index in [-0.39, 0.29) is 23.7 Å². The molecule has 2 amide bonds. The number of aryl methyl sites for hydroxylation is 1. The van der Waals surface area contributed by atoms with Crippen LogP contribution >= 0.6 is 0 Å². The van der Waals surface area contributed by atoms with E-state index in [0.29, 0.717) is 50.5 Å². The molecule has 240 valence electrons. The standard InChI is InChI=1S/C38H36N2O7/c1-23-33(46-29-16-14-28(15-17-29)39-36(41)24-8-5-4-6-9-24)18-12-26-22-32(38(43)47-35(23)26)40-37(42)27-13-19-34(45-3)31(21-27)25-10-7-11-30(20-25)44-2/h4-13,18-22,28-29H,14-17H2,1-3H3,(H,39,41)(H,40,42). The van der Waals surface area contributed by atoms with E-state index >= 15 is 0 Å². The molecule has 1 heterocycles. The van der Waals surface area contributed by atoms with E-state index in [1.54, 1.807) is 38.5 Å². The van der Waals surface area contributed by atoms with Crippen molar-refractivity contribution in [3.63, 3.8) is 0 Å². The number of carbonyl (C=O) groups is 2. The largest absolute Gasteiger partial charge is 0.497 e. The zero-order valence-corrected chi connectivity index (χ0v) is 26.5. The van der Waals surface area contributed by atoms with Crippen LogP contribution in [0.15, 0.2) is 100 Å². The highest BCUT2D eigenvalue weighted by Crippen LogP contribution is 2.34. The maximum atomic E-state index is 13.3. The summed E-state index contributed by atoms with van der Waals surface area (Å²) in [7, 11) is 3.16. The lowest BCUT2D eigenvalue weighted by Gasteiger charge is -2.30. The molecule has 9 heteroatoms. The van der Waals surface area contributed by atoms with Gasteiger partial charge in [0.05, 0.1) is 20.3 Å². The molecule has 47 heavy (non-hydrogen) atoms. The number of methoxy groups -OCH3 is 2. The predicted octanol–water partition coefficient (Wildman–Crippen LogP) is 7.16. The number of hydrogen-bond donors (Lipinski definition) is 2. The van der Waals surface area contributed by atoms with Crippen molar-refractivity contribution in [1.82, 2.24) is 5.32 Å². The van der Waals surface area contributed by atoms with Crippen molar-refractivity contribution in [1.29, 1.82) is 0 Å². The second-order valence-electron chi connectivity index (χ2n) is 11.6. The van der Waals surface area contributed by atoms with Gasteiger partial charge < -0.3 is 29.3 Å². The second-order valence-corrected chi connectivity index (χ2v) is 11.6. The Morgan fingerprint density at radius 2 is 1.53 bits per heavy atom. The Morgan fingerprint density at radius 1 is 0.766 bits per heavy atom. The highest BCUT2D eigenvalue weighted by molar-refractivity contribution is 6.06. The monoisotopic (exact) mass is 632 g/mol. The number of anilines is 1. The molecule has 6 rings (SSSR count). The predicted molar refractivity (Wildman–Crippen MR) is 181 cm³/mol. The van der Waals surface area contributed by atoms with Crippen LogP contribution in [-0.4, -0.2) is 38.2 Å². The molecule has 1 fully saturated rings. The second kappa shape index (κ2) is 13.8. The van der Waals surface area contributed by atoms with Gasteiger partial charge in [-0.25, -0.2) is 4.79 Å². The van der Waals surface area contributed by atoms with E-state index in [2.05, 4.69) is 10.6 Å². The fourth-order valence-electron chi connectivity index (χ4n) is 5.94. The van der Waals surface area contributed by atoms with Gasteiger partial charge in [0.15, 0.2) is 0 Å². The first-order chi connectivity index (χ1) is 22.8. The van der Waals surface area contributed by atoms with Gasteiger partial charge in [-0.2, -0.15) is 0 Å². The summed E-state index contributed by atoms with van der Waals surface area (Å²) in [4.78, 5) is 38.9. The molecular weight excluding hydrogens is 596 g/mol. The number of amides is 2. The molecule has 1 aliphatic rings. The van der Waals surface area contributed by atoms with E-state index in [1.165, 1.54) is 0 Å². The van der Waals surface area contributed by atoms with Gasteiger partial charge in [-0.15, -0.1) is 0 Å². The highest BCUT2D eigenvalue weighted by atomic mass is 16.5. The lowest BCUT2D eigenvalue weighted by molar-refractivity contribution is 0.0893. The summed E-state index contributed by atoms with van der Waals surface area (Å²) in [5.41, 5.74) is 3.00. The van der Waals surface area contributed by atoms with Crippen molar-refractivity contribution in [3.05, 3.63) is 118 Å². The number of hydrogen-bond acceptors (Lipinski definition) is 7. The molecule has 0 unspecified atom stereocenters. The minimum Gasteiger partial charge on any atom is -0.497 e. The third-order valence-electron chi connectivity index (χ3n) is 8.53. The zero-order chi connectivity index (χ0) is 32.9. The Morgan fingerprint density at radius 3 is 2.28 bits per heavy atom. The molecule has 4 aromatic carbocycles. The Kier molecular flexibility index (Phi) is 9.24. The maximum Gasteiger partial charge on any atom is 0.360 e. The zero-order valence-electron chi connectivity index (χ0n) is 26.5. The molecule has 5 aromatic rings. The fraction of sp³-hybridized carbons (Fsp3) is 0.237. The molecule has 0 aliphatic heterocycles. The Hall–Kier alpha value is -5.57. The molecule has 0 radical (unpaired) electrons. The number of carbonyl (C=O) groups excluding carboxylic acids is 2. The van der Waals surface area contributed by atoms with Crippen LogP contribution in [0.25, 0.3) is 22.1 Å². The normalized spacial score (nSPS) is 15.9. The Balaban J connectivity index is 1.13. The third kappa shape index (κ3) is 6.99. The van der Waals surface area contributed by atoms with Crippen molar-refractivity contribution in [2.75, 3.05) is 19.5 Å². The minimum atomic E-state index is -0.665. The summed E-state index contributed by atoms with van der Waals surface area (Å²) < 4.78 is 22.9. The van der Waals surface area contributed by atoms with Crippen molar-refractivity contribution in [3.8, 4) is 28.4 Å². The first kappa shape index (κ1) is 31.4. The lowest BCUT2D eigenvalue weighted by atomic mass is 9.92. The van der Waals surface area contributed by atoms with Crippen molar-refractivity contribution >= 4 is 28.5 Å². The quantitative estimate of drug-likeness (QED) is 0.166. The fourth-order valence-corrected chi connectivity index (χ4v) is 5.94. The van der Waals surface area contributed by atoms with Crippen LogP contribution in [0, 0.1) is 6.92 Å². The Labute approximate surface area is 272 Å². The van der Waals surface area contributed by atoms with Gasteiger partial charge in [0, 0.05) is 33.7 Å². The Bertz CT molecular complexity index is 1980. The van der Waals surface area contributed by atoms with Crippen LogP contribution in [-0.2, 0) is 0 Å². The van der Waals surface area contributed by atoms with E-state index < -0.39 is 11.5 Å². The topological polar surface area (TPSA) is 116 Å². The molecule has 1 aromatic heterocycles. The van der Waals surface area contributed by atoms with Crippen LogP contribution in [0.1, 0.15) is 52.0 Å². The summed E-state index contributed by atoms with van der Waals surface area (Å²) in [5.74, 6) is 1.38. The lowest BCUT2D eigenvalue weighted by Crippen LogP contribution is -2.39.